The van der Waals surface area contributed by atoms with Crippen LogP contribution in [0.25, 0.3) is 0 Å². The number of nitrogens with one attached hydrogen (secondary N) is 1. The average molecular weight is 433 g/mol. The summed E-state index contributed by atoms with van der Waals surface area (Å²) < 4.78 is 11.2. The molecule has 1 aliphatic rings. The number of ether oxygens (including phenoxy) is 2. The number of nitrogens with zero attached hydrogens (tertiary/aromatic N) is 1. The molecule has 1 N–H and O–H groups in total. The zero-order chi connectivity index (χ0) is 22.2. The quantitative estimate of drug-likeness (QED) is 0.465. The van der Waals surface area contributed by atoms with Gasteiger partial charge in [-0.25, -0.2) is 4.79 Å². The highest BCUT2D eigenvalue weighted by atomic mass is 32.2. The number of esters is 1. The van der Waals surface area contributed by atoms with Crippen LogP contribution in [0.3, 0.4) is 0 Å². The van der Waals surface area contributed by atoms with Gasteiger partial charge < -0.3 is 14.8 Å². The number of allylic oxidation sites excluding steroid dienone is 2. The van der Waals surface area contributed by atoms with E-state index in [2.05, 4.69) is 18.0 Å². The number of carbonyl (C=O) groups excluding carboxylic acids is 1. The molecule has 1 heterocycles. The van der Waals surface area contributed by atoms with Crippen LogP contribution in [0.1, 0.15) is 24.0 Å². The topological polar surface area (TPSA) is 71.3 Å². The Balaban J connectivity index is 1.90. The normalized spacial score (nSPS) is 15.7. The van der Waals surface area contributed by atoms with Crippen LogP contribution in [-0.2, 0) is 16.1 Å². The molecule has 0 spiro atoms. The Kier molecular flexibility index (Phi) is 7.58. The zero-order valence-corrected chi connectivity index (χ0v) is 18.4. The van der Waals surface area contributed by atoms with Crippen molar-refractivity contribution in [3.8, 4) is 11.8 Å². The molecule has 5 nitrogen and oxygen atoms in total. The minimum atomic E-state index is -0.519. The van der Waals surface area contributed by atoms with Gasteiger partial charge in [0.15, 0.2) is 0 Å². The molecule has 158 valence electrons. The summed E-state index contributed by atoms with van der Waals surface area (Å²) >= 11 is 1.44. The molecule has 1 aliphatic heterocycles. The van der Waals surface area contributed by atoms with E-state index in [1.165, 1.54) is 17.8 Å². The molecule has 3 rings (SSSR count). The summed E-state index contributed by atoms with van der Waals surface area (Å²) in [6.45, 7) is 5.98. The molecule has 0 amide bonds. The lowest BCUT2D eigenvalue weighted by Crippen LogP contribution is -2.28. The summed E-state index contributed by atoms with van der Waals surface area (Å²) in [4.78, 5) is 12.8. The van der Waals surface area contributed by atoms with Gasteiger partial charge in [0, 0.05) is 5.70 Å². The summed E-state index contributed by atoms with van der Waals surface area (Å²) in [7, 11) is 0. The molecule has 0 saturated carbocycles. The Labute approximate surface area is 187 Å². The van der Waals surface area contributed by atoms with Crippen molar-refractivity contribution in [2.24, 2.45) is 0 Å². The van der Waals surface area contributed by atoms with E-state index in [-0.39, 0.29) is 6.61 Å². The van der Waals surface area contributed by atoms with Gasteiger partial charge in [-0.3, -0.25) is 0 Å². The predicted octanol–water partition coefficient (Wildman–Crippen LogP) is 5.05. The Morgan fingerprint density at radius 3 is 2.55 bits per heavy atom. The lowest BCUT2D eigenvalue weighted by Gasteiger charge is -2.29. The van der Waals surface area contributed by atoms with E-state index in [1.54, 1.807) is 0 Å². The number of hydrogen-bond acceptors (Lipinski definition) is 6. The maximum absolute atomic E-state index is 12.8. The fourth-order valence-corrected chi connectivity index (χ4v) is 4.03. The summed E-state index contributed by atoms with van der Waals surface area (Å²) in [5, 5.41) is 13.8. The van der Waals surface area contributed by atoms with Crippen LogP contribution in [0.15, 0.2) is 89.1 Å². The van der Waals surface area contributed by atoms with Crippen molar-refractivity contribution >= 4 is 17.7 Å². The summed E-state index contributed by atoms with van der Waals surface area (Å²) in [5.41, 5.74) is 3.49. The molecule has 1 atom stereocenters. The third-order valence-electron chi connectivity index (χ3n) is 4.87. The zero-order valence-electron chi connectivity index (χ0n) is 17.6. The maximum Gasteiger partial charge on any atom is 0.337 e. The van der Waals surface area contributed by atoms with Crippen molar-refractivity contribution in [3.63, 3.8) is 0 Å². The van der Waals surface area contributed by atoms with Crippen molar-refractivity contribution in [2.45, 2.75) is 19.4 Å². The van der Waals surface area contributed by atoms with E-state index in [0.29, 0.717) is 29.2 Å². The molecule has 0 saturated heterocycles. The van der Waals surface area contributed by atoms with Crippen LogP contribution < -0.4 is 10.1 Å². The second-order valence-electron chi connectivity index (χ2n) is 6.89. The number of nitriles is 1. The largest absolute Gasteiger partial charge is 0.489 e. The first-order chi connectivity index (χ1) is 15.1. The van der Waals surface area contributed by atoms with Crippen molar-refractivity contribution < 1.29 is 14.3 Å². The van der Waals surface area contributed by atoms with Gasteiger partial charge in [-0.05, 0) is 36.4 Å². The van der Waals surface area contributed by atoms with Gasteiger partial charge in [0.2, 0.25) is 0 Å². The lowest BCUT2D eigenvalue weighted by molar-refractivity contribution is -0.138. The Hall–Kier alpha value is -3.43. The highest BCUT2D eigenvalue weighted by molar-refractivity contribution is 8.02. The second-order valence-corrected chi connectivity index (χ2v) is 7.70. The molecule has 2 aromatic carbocycles. The van der Waals surface area contributed by atoms with Gasteiger partial charge in [-0.1, -0.05) is 55.1 Å². The number of rotatable bonds is 8. The summed E-state index contributed by atoms with van der Waals surface area (Å²) in [6.07, 6.45) is 3.41. The molecule has 6 heteroatoms. The third kappa shape index (κ3) is 5.19. The van der Waals surface area contributed by atoms with Crippen molar-refractivity contribution in [2.75, 3.05) is 12.9 Å². The van der Waals surface area contributed by atoms with Crippen molar-refractivity contribution in [3.05, 3.63) is 100 Å². The average Bonchev–Trinajstić information content (AvgIpc) is 2.81. The summed E-state index contributed by atoms with van der Waals surface area (Å²) in [6, 6.07) is 19.7. The molecule has 0 radical (unpaired) electrons. The van der Waals surface area contributed by atoms with Gasteiger partial charge in [-0.15, -0.1) is 11.8 Å². The van der Waals surface area contributed by atoms with Crippen LogP contribution >= 0.6 is 11.8 Å². The molecule has 0 fully saturated rings. The molecule has 1 unspecified atom stereocenters. The minimum absolute atomic E-state index is 0.107. The van der Waals surface area contributed by atoms with Crippen LogP contribution in [-0.4, -0.2) is 18.8 Å². The van der Waals surface area contributed by atoms with Crippen molar-refractivity contribution in [1.29, 1.82) is 5.26 Å². The smallest absolute Gasteiger partial charge is 0.337 e. The number of dihydropyridines is 1. The number of hydrogen-bond donors (Lipinski definition) is 1. The number of carbonyl (C=O) groups is 1. The van der Waals surface area contributed by atoms with Crippen LogP contribution in [0.4, 0.5) is 0 Å². The van der Waals surface area contributed by atoms with Gasteiger partial charge in [0.25, 0.3) is 0 Å². The first-order valence-corrected chi connectivity index (χ1v) is 11.0. The Bertz CT molecular complexity index is 1050. The number of thioether (sulfide) groups is 1. The highest BCUT2D eigenvalue weighted by Crippen LogP contribution is 2.40. The van der Waals surface area contributed by atoms with E-state index in [4.69, 9.17) is 9.47 Å². The SMILES string of the molecule is C=CCOC(=O)C1=C(C)NC(SC)=C(C#N)C1c1ccc(OCc2ccccc2)cc1. The number of benzene rings is 2. The maximum atomic E-state index is 12.8. The molecule has 31 heavy (non-hydrogen) atoms. The standard InChI is InChI=1S/C25H24N2O3S/c1-4-14-29-25(28)22-17(2)27-24(31-3)21(15-26)23(22)19-10-12-20(13-11-19)30-16-18-8-6-5-7-9-18/h4-13,23,27H,1,14,16H2,2-3H3. The molecule has 0 aliphatic carbocycles. The molecule has 2 aromatic rings. The van der Waals surface area contributed by atoms with Crippen molar-refractivity contribution in [1.82, 2.24) is 5.32 Å². The molecule has 0 bridgehead atoms. The second kappa shape index (κ2) is 10.6. The Morgan fingerprint density at radius 2 is 1.94 bits per heavy atom. The van der Waals surface area contributed by atoms with Gasteiger partial charge in [0.1, 0.15) is 19.0 Å². The third-order valence-corrected chi connectivity index (χ3v) is 5.60. The molecular weight excluding hydrogens is 408 g/mol. The lowest BCUT2D eigenvalue weighted by atomic mass is 9.82. The van der Waals surface area contributed by atoms with Crippen LogP contribution in [0.2, 0.25) is 0 Å². The fraction of sp³-hybridized carbons (Fsp3) is 0.200. The van der Waals surface area contributed by atoms with Gasteiger partial charge >= 0.3 is 5.97 Å². The van der Waals surface area contributed by atoms with E-state index >= 15 is 0 Å². The highest BCUT2D eigenvalue weighted by Gasteiger charge is 2.35. The predicted molar refractivity (Wildman–Crippen MR) is 123 cm³/mol. The van der Waals surface area contributed by atoms with E-state index < -0.39 is 11.9 Å². The minimum Gasteiger partial charge on any atom is -0.489 e. The summed E-state index contributed by atoms with van der Waals surface area (Å²) in [5.74, 6) is -0.271. The van der Waals surface area contributed by atoms with Crippen LogP contribution in [0.5, 0.6) is 5.75 Å². The van der Waals surface area contributed by atoms with E-state index in [0.717, 1.165) is 16.2 Å². The molecular formula is C25H24N2O3S. The Morgan fingerprint density at radius 1 is 1.23 bits per heavy atom. The first kappa shape index (κ1) is 22.3. The molecule has 0 aromatic heterocycles. The fourth-order valence-electron chi connectivity index (χ4n) is 3.39. The van der Waals surface area contributed by atoms with E-state index in [1.807, 2.05) is 67.8 Å². The van der Waals surface area contributed by atoms with Crippen LogP contribution in [0, 0.1) is 11.3 Å². The van der Waals surface area contributed by atoms with Gasteiger partial charge in [0.05, 0.1) is 28.2 Å². The van der Waals surface area contributed by atoms with Gasteiger partial charge in [-0.2, -0.15) is 5.26 Å². The monoisotopic (exact) mass is 432 g/mol. The first-order valence-electron chi connectivity index (χ1n) is 9.79. The van der Waals surface area contributed by atoms with E-state index in [9.17, 15) is 10.1 Å².